The molecule has 0 fully saturated rings. The Labute approximate surface area is 202 Å². The molecule has 0 radical (unpaired) electrons. The Kier molecular flexibility index (Phi) is 5.78. The van der Waals surface area contributed by atoms with E-state index in [-0.39, 0.29) is 11.9 Å². The number of fused-ring (bicyclic) bond motifs is 1. The third-order valence-corrected chi connectivity index (χ3v) is 5.67. The molecule has 0 saturated carbocycles. The Balaban J connectivity index is 1.25. The van der Waals surface area contributed by atoms with Crippen molar-refractivity contribution < 1.29 is 19.1 Å². The maximum atomic E-state index is 12.5. The number of pyridine rings is 1. The molecule has 1 amide bonds. The minimum Gasteiger partial charge on any atom is -0.457 e. The molecular weight excluding hydrogens is 444 g/mol. The van der Waals surface area contributed by atoms with Gasteiger partial charge in [0.25, 0.3) is 0 Å². The Morgan fingerprint density at radius 1 is 1.14 bits per heavy atom. The van der Waals surface area contributed by atoms with Crippen LogP contribution in [0.15, 0.2) is 71.9 Å². The zero-order chi connectivity index (χ0) is 24.4. The van der Waals surface area contributed by atoms with Crippen LogP contribution in [-0.4, -0.2) is 35.8 Å². The van der Waals surface area contributed by atoms with Gasteiger partial charge >= 0.3 is 5.97 Å². The predicted octanol–water partition coefficient (Wildman–Crippen LogP) is 4.28. The van der Waals surface area contributed by atoms with Gasteiger partial charge in [-0.15, -0.1) is 0 Å². The number of ether oxygens (including phenoxy) is 2. The summed E-state index contributed by atoms with van der Waals surface area (Å²) in [6, 6.07) is 16.2. The first-order valence-electron chi connectivity index (χ1n) is 11.3. The Morgan fingerprint density at radius 3 is 2.83 bits per heavy atom. The van der Waals surface area contributed by atoms with Crippen molar-refractivity contribution in [3.63, 3.8) is 0 Å². The molecule has 5 rings (SSSR count). The fourth-order valence-electron chi connectivity index (χ4n) is 3.99. The smallest absolute Gasteiger partial charge is 0.339 e. The Morgan fingerprint density at radius 2 is 2.00 bits per heavy atom. The van der Waals surface area contributed by atoms with Gasteiger partial charge in [-0.05, 0) is 61.9 Å². The van der Waals surface area contributed by atoms with Crippen molar-refractivity contribution in [1.82, 2.24) is 10.3 Å². The predicted molar refractivity (Wildman–Crippen MR) is 133 cm³/mol. The summed E-state index contributed by atoms with van der Waals surface area (Å²) in [5, 5.41) is 6.03. The number of anilines is 1. The van der Waals surface area contributed by atoms with E-state index >= 15 is 0 Å². The first-order chi connectivity index (χ1) is 16.9. The number of cyclic esters (lactones) is 1. The lowest BCUT2D eigenvalue weighted by atomic mass is 9.95. The largest absolute Gasteiger partial charge is 0.457 e. The summed E-state index contributed by atoms with van der Waals surface area (Å²) in [5.74, 6) is 1.41. The Hall–Kier alpha value is -4.46. The summed E-state index contributed by atoms with van der Waals surface area (Å²) >= 11 is 0. The van der Waals surface area contributed by atoms with Crippen molar-refractivity contribution in [3.8, 4) is 11.5 Å². The minimum atomic E-state index is -0.722. The molecule has 8 nitrogen and oxygen atoms in total. The molecule has 176 valence electrons. The van der Waals surface area contributed by atoms with Crippen LogP contribution in [0.2, 0.25) is 0 Å². The van der Waals surface area contributed by atoms with Crippen molar-refractivity contribution in [2.75, 3.05) is 18.4 Å². The number of hydrogen-bond acceptors (Lipinski definition) is 7. The van der Waals surface area contributed by atoms with Gasteiger partial charge in [0, 0.05) is 36.1 Å². The zero-order valence-corrected chi connectivity index (χ0v) is 19.4. The average Bonchev–Trinajstić information content (AvgIpc) is 3.45. The van der Waals surface area contributed by atoms with Crippen LogP contribution in [0, 0.1) is 0 Å². The number of aliphatic imine (C=N–C) groups is 1. The van der Waals surface area contributed by atoms with Crippen LogP contribution >= 0.6 is 0 Å². The maximum absolute atomic E-state index is 12.5. The van der Waals surface area contributed by atoms with Crippen LogP contribution in [-0.2, 0) is 15.1 Å². The summed E-state index contributed by atoms with van der Waals surface area (Å²) in [7, 11) is 0. The van der Waals surface area contributed by atoms with Crippen molar-refractivity contribution in [2.24, 2.45) is 4.99 Å². The maximum Gasteiger partial charge on any atom is 0.339 e. The highest BCUT2D eigenvalue weighted by molar-refractivity contribution is 6.03. The van der Waals surface area contributed by atoms with E-state index in [9.17, 15) is 9.59 Å². The molecule has 2 aliphatic heterocycles. The van der Waals surface area contributed by atoms with Gasteiger partial charge in [0.1, 0.15) is 28.6 Å². The van der Waals surface area contributed by atoms with Gasteiger partial charge in [0.15, 0.2) is 0 Å². The summed E-state index contributed by atoms with van der Waals surface area (Å²) in [4.78, 5) is 33.2. The lowest BCUT2D eigenvalue weighted by Crippen LogP contribution is -2.20. The van der Waals surface area contributed by atoms with E-state index < -0.39 is 5.60 Å². The van der Waals surface area contributed by atoms with E-state index in [0.717, 1.165) is 35.7 Å². The fourth-order valence-corrected chi connectivity index (χ4v) is 3.99. The molecule has 0 saturated heterocycles. The summed E-state index contributed by atoms with van der Waals surface area (Å²) in [5.41, 5.74) is 2.69. The number of aromatic nitrogens is 1. The number of rotatable bonds is 6. The van der Waals surface area contributed by atoms with Crippen molar-refractivity contribution in [3.05, 3.63) is 89.3 Å². The van der Waals surface area contributed by atoms with E-state index in [1.807, 2.05) is 44.2 Å². The first kappa shape index (κ1) is 22.3. The second-order valence-corrected chi connectivity index (χ2v) is 8.69. The van der Waals surface area contributed by atoms with Gasteiger partial charge in [-0.25, -0.2) is 4.79 Å². The molecule has 1 aromatic heterocycles. The molecule has 0 aliphatic carbocycles. The number of benzene rings is 2. The second kappa shape index (κ2) is 9.06. The molecule has 3 heterocycles. The standard InChI is InChI=1S/C27H24N4O4/c1-27(2)22-15-18(7-8-21(22)26(33)35-27)31-24(32)9-6-17-4-3-5-19(14-17)34-20-10-11-28-23(16-20)25-29-12-13-30-25/h3-11,14-16H,12-13H2,1-2H3,(H,29,30)(H,31,32)/b9-6+. The van der Waals surface area contributed by atoms with Crippen LogP contribution in [0.3, 0.4) is 0 Å². The summed E-state index contributed by atoms with van der Waals surface area (Å²) < 4.78 is 11.4. The fraction of sp³-hybridized carbons (Fsp3) is 0.185. The monoisotopic (exact) mass is 468 g/mol. The van der Waals surface area contributed by atoms with Gasteiger partial charge in [-0.2, -0.15) is 0 Å². The van der Waals surface area contributed by atoms with Crippen LogP contribution in [0.1, 0.15) is 41.0 Å². The third kappa shape index (κ3) is 4.91. The molecule has 8 heteroatoms. The van der Waals surface area contributed by atoms with Crippen molar-refractivity contribution in [1.29, 1.82) is 0 Å². The highest BCUT2D eigenvalue weighted by Gasteiger charge is 2.37. The normalized spacial score (nSPS) is 15.8. The van der Waals surface area contributed by atoms with Gasteiger partial charge < -0.3 is 20.1 Å². The van der Waals surface area contributed by atoms with Gasteiger partial charge in [-0.1, -0.05) is 12.1 Å². The van der Waals surface area contributed by atoms with Crippen molar-refractivity contribution in [2.45, 2.75) is 19.4 Å². The molecule has 0 spiro atoms. The summed E-state index contributed by atoms with van der Waals surface area (Å²) in [6.07, 6.45) is 4.85. The van der Waals surface area contributed by atoms with Crippen LogP contribution in [0.25, 0.3) is 6.08 Å². The lowest BCUT2D eigenvalue weighted by Gasteiger charge is -2.18. The van der Waals surface area contributed by atoms with Gasteiger partial charge in [0.05, 0.1) is 12.1 Å². The number of esters is 1. The number of hydrogen-bond donors (Lipinski definition) is 2. The van der Waals surface area contributed by atoms with Crippen LogP contribution in [0.4, 0.5) is 5.69 Å². The van der Waals surface area contributed by atoms with Crippen LogP contribution in [0.5, 0.6) is 11.5 Å². The van der Waals surface area contributed by atoms with Gasteiger partial charge in [0.2, 0.25) is 5.91 Å². The molecule has 0 atom stereocenters. The number of nitrogens with zero attached hydrogens (tertiary/aromatic N) is 2. The number of amides is 1. The summed E-state index contributed by atoms with van der Waals surface area (Å²) in [6.45, 7) is 5.19. The molecule has 0 bridgehead atoms. The molecule has 2 aromatic carbocycles. The SMILES string of the molecule is CC1(C)OC(=O)c2ccc(NC(=O)/C=C/c3cccc(Oc4ccnc(C5=NCCN5)c4)c3)cc21. The average molecular weight is 469 g/mol. The quantitative estimate of drug-likeness (QED) is 0.414. The molecule has 2 N–H and O–H groups in total. The first-order valence-corrected chi connectivity index (χ1v) is 11.3. The molecule has 0 unspecified atom stereocenters. The highest BCUT2D eigenvalue weighted by atomic mass is 16.6. The third-order valence-electron chi connectivity index (χ3n) is 5.67. The second-order valence-electron chi connectivity index (χ2n) is 8.69. The molecule has 35 heavy (non-hydrogen) atoms. The number of nitrogens with one attached hydrogen (secondary N) is 2. The molecule has 2 aliphatic rings. The number of carbonyl (C=O) groups is 2. The zero-order valence-electron chi connectivity index (χ0n) is 19.4. The van der Waals surface area contributed by atoms with Crippen molar-refractivity contribution >= 4 is 29.5 Å². The minimum absolute atomic E-state index is 0.289. The van der Waals surface area contributed by atoms with E-state index in [0.29, 0.717) is 22.7 Å². The topological polar surface area (TPSA) is 102 Å². The lowest BCUT2D eigenvalue weighted by molar-refractivity contribution is -0.111. The van der Waals surface area contributed by atoms with Crippen LogP contribution < -0.4 is 15.4 Å². The van der Waals surface area contributed by atoms with Gasteiger partial charge in [-0.3, -0.25) is 14.8 Å². The molecule has 3 aromatic rings. The highest BCUT2D eigenvalue weighted by Crippen LogP contribution is 2.37. The van der Waals surface area contributed by atoms with E-state index in [4.69, 9.17) is 9.47 Å². The number of amidine groups is 1. The van der Waals surface area contributed by atoms with E-state index in [1.54, 1.807) is 36.5 Å². The molecular formula is C27H24N4O4. The van der Waals surface area contributed by atoms with E-state index in [1.165, 1.54) is 6.08 Å². The number of carbonyl (C=O) groups excluding carboxylic acids is 2. The van der Waals surface area contributed by atoms with E-state index in [2.05, 4.69) is 20.6 Å². The Bertz CT molecular complexity index is 1380.